The number of anilines is 1. The van der Waals surface area contributed by atoms with E-state index in [1.807, 2.05) is 18.3 Å². The molecule has 1 aliphatic heterocycles. The summed E-state index contributed by atoms with van der Waals surface area (Å²) in [4.78, 5) is 6.99. The van der Waals surface area contributed by atoms with Gasteiger partial charge in [-0.25, -0.2) is 4.98 Å². The van der Waals surface area contributed by atoms with Crippen molar-refractivity contribution in [2.24, 2.45) is 5.92 Å². The monoisotopic (exact) mass is 291 g/mol. The van der Waals surface area contributed by atoms with Crippen LogP contribution in [0.15, 0.2) is 18.3 Å². The smallest absolute Gasteiger partial charge is 0.171 e. The first-order valence-electron chi connectivity index (χ1n) is 8.26. The third kappa shape index (κ3) is 4.88. The molecule has 4 heteroatoms. The Kier molecular flexibility index (Phi) is 6.30. The van der Waals surface area contributed by atoms with E-state index in [1.54, 1.807) is 0 Å². The van der Waals surface area contributed by atoms with Gasteiger partial charge in [0, 0.05) is 25.3 Å². The topological polar surface area (TPSA) is 37.4 Å². The van der Waals surface area contributed by atoms with Crippen molar-refractivity contribution in [2.45, 2.75) is 46.1 Å². The van der Waals surface area contributed by atoms with Crippen LogP contribution in [0.3, 0.4) is 0 Å². The summed E-state index contributed by atoms with van der Waals surface area (Å²) >= 11 is 0. The highest BCUT2D eigenvalue weighted by atomic mass is 16.5. The molecule has 1 atom stereocenters. The second-order valence-corrected chi connectivity index (χ2v) is 6.27. The van der Waals surface area contributed by atoms with Gasteiger partial charge in [-0.15, -0.1) is 0 Å². The van der Waals surface area contributed by atoms with Gasteiger partial charge < -0.3 is 15.0 Å². The Labute approximate surface area is 128 Å². The number of pyridine rings is 1. The van der Waals surface area contributed by atoms with E-state index in [1.165, 1.54) is 12.8 Å². The third-order valence-corrected chi connectivity index (χ3v) is 3.70. The van der Waals surface area contributed by atoms with Crippen molar-refractivity contribution in [1.29, 1.82) is 0 Å². The summed E-state index contributed by atoms with van der Waals surface area (Å²) in [7, 11) is 0. The van der Waals surface area contributed by atoms with Gasteiger partial charge in [-0.3, -0.25) is 0 Å². The Bertz CT molecular complexity index is 416. The molecule has 1 unspecified atom stereocenters. The Morgan fingerprint density at radius 2 is 2.33 bits per heavy atom. The van der Waals surface area contributed by atoms with Crippen molar-refractivity contribution in [2.75, 3.05) is 31.1 Å². The Morgan fingerprint density at radius 3 is 3.00 bits per heavy atom. The molecule has 4 nitrogen and oxygen atoms in total. The lowest BCUT2D eigenvalue weighted by molar-refractivity contribution is 0.315. The third-order valence-electron chi connectivity index (χ3n) is 3.70. The summed E-state index contributed by atoms with van der Waals surface area (Å²) in [5, 5.41) is 3.58. The number of hydrogen-bond acceptors (Lipinski definition) is 4. The molecule has 1 aromatic heterocycles. The van der Waals surface area contributed by atoms with Crippen LogP contribution in [0.25, 0.3) is 0 Å². The molecule has 21 heavy (non-hydrogen) atoms. The lowest BCUT2D eigenvalue weighted by Gasteiger charge is -2.29. The van der Waals surface area contributed by atoms with Crippen molar-refractivity contribution < 1.29 is 4.74 Å². The molecular weight excluding hydrogens is 262 g/mol. The normalized spacial score (nSPS) is 18.2. The van der Waals surface area contributed by atoms with Crippen LogP contribution in [-0.4, -0.2) is 37.3 Å². The van der Waals surface area contributed by atoms with Gasteiger partial charge in [0.05, 0.1) is 6.61 Å². The summed E-state index contributed by atoms with van der Waals surface area (Å²) in [5.74, 6) is 2.51. The van der Waals surface area contributed by atoms with Gasteiger partial charge in [0.15, 0.2) is 11.6 Å². The van der Waals surface area contributed by atoms with E-state index in [0.717, 1.165) is 44.2 Å². The van der Waals surface area contributed by atoms with Crippen LogP contribution in [-0.2, 0) is 0 Å². The maximum atomic E-state index is 5.89. The second-order valence-electron chi connectivity index (χ2n) is 6.27. The summed E-state index contributed by atoms with van der Waals surface area (Å²) in [5.41, 5.74) is 0. The standard InChI is InChI=1S/C17H29N3O/c1-4-11-21-16-8-6-10-19-17(16)20(12-14(2)3)13-15-7-5-9-18-15/h6,8,10,14-15,18H,4-5,7,9,11-13H2,1-3H3. The molecule has 2 heterocycles. The van der Waals surface area contributed by atoms with E-state index in [9.17, 15) is 0 Å². The SMILES string of the molecule is CCCOc1cccnc1N(CC(C)C)CC1CCCN1. The molecule has 0 radical (unpaired) electrons. The average molecular weight is 291 g/mol. The number of rotatable bonds is 8. The minimum Gasteiger partial charge on any atom is -0.490 e. The lowest BCUT2D eigenvalue weighted by Crippen LogP contribution is -2.40. The highest BCUT2D eigenvalue weighted by molar-refractivity contribution is 5.52. The molecule has 1 aliphatic rings. The fourth-order valence-corrected chi connectivity index (χ4v) is 2.81. The van der Waals surface area contributed by atoms with Gasteiger partial charge in [-0.1, -0.05) is 20.8 Å². The Hall–Kier alpha value is -1.29. The quantitative estimate of drug-likeness (QED) is 0.798. The van der Waals surface area contributed by atoms with Crippen LogP contribution < -0.4 is 15.0 Å². The highest BCUT2D eigenvalue weighted by Gasteiger charge is 2.21. The number of nitrogens with one attached hydrogen (secondary N) is 1. The van der Waals surface area contributed by atoms with Crippen LogP contribution >= 0.6 is 0 Å². The van der Waals surface area contributed by atoms with Gasteiger partial charge >= 0.3 is 0 Å². The van der Waals surface area contributed by atoms with E-state index >= 15 is 0 Å². The fourth-order valence-electron chi connectivity index (χ4n) is 2.81. The maximum absolute atomic E-state index is 5.89. The molecule has 2 rings (SSSR count). The summed E-state index contributed by atoms with van der Waals surface area (Å²) < 4.78 is 5.89. The maximum Gasteiger partial charge on any atom is 0.171 e. The van der Waals surface area contributed by atoms with Crippen LogP contribution in [0.2, 0.25) is 0 Å². The number of aromatic nitrogens is 1. The minimum atomic E-state index is 0.574. The number of hydrogen-bond donors (Lipinski definition) is 1. The van der Waals surface area contributed by atoms with Crippen molar-refractivity contribution in [1.82, 2.24) is 10.3 Å². The van der Waals surface area contributed by atoms with Gasteiger partial charge in [-0.05, 0) is 43.9 Å². The minimum absolute atomic E-state index is 0.574. The van der Waals surface area contributed by atoms with E-state index in [2.05, 4.69) is 36.0 Å². The fraction of sp³-hybridized carbons (Fsp3) is 0.706. The summed E-state index contributed by atoms with van der Waals surface area (Å²) in [6.45, 7) is 10.5. The van der Waals surface area contributed by atoms with Gasteiger partial charge in [0.2, 0.25) is 0 Å². The summed E-state index contributed by atoms with van der Waals surface area (Å²) in [6, 6.07) is 4.56. The van der Waals surface area contributed by atoms with Crippen molar-refractivity contribution in [3.63, 3.8) is 0 Å². The van der Waals surface area contributed by atoms with Gasteiger partial charge in [0.25, 0.3) is 0 Å². The molecule has 0 aliphatic carbocycles. The second kappa shape index (κ2) is 8.23. The number of ether oxygens (including phenoxy) is 1. The molecule has 0 spiro atoms. The lowest BCUT2D eigenvalue weighted by atomic mass is 10.1. The zero-order valence-electron chi connectivity index (χ0n) is 13.6. The van der Waals surface area contributed by atoms with Crippen molar-refractivity contribution >= 4 is 5.82 Å². The molecule has 0 bridgehead atoms. The average Bonchev–Trinajstić information content (AvgIpc) is 2.97. The summed E-state index contributed by atoms with van der Waals surface area (Å²) in [6.07, 6.45) is 5.42. The number of nitrogens with zero attached hydrogens (tertiary/aromatic N) is 2. The van der Waals surface area contributed by atoms with Gasteiger partial charge in [-0.2, -0.15) is 0 Å². The van der Waals surface area contributed by atoms with E-state index in [4.69, 9.17) is 4.74 Å². The van der Waals surface area contributed by atoms with Crippen LogP contribution in [0.4, 0.5) is 5.82 Å². The van der Waals surface area contributed by atoms with Crippen molar-refractivity contribution in [3.05, 3.63) is 18.3 Å². The zero-order chi connectivity index (χ0) is 15.1. The largest absolute Gasteiger partial charge is 0.490 e. The Morgan fingerprint density at radius 1 is 1.48 bits per heavy atom. The Balaban J connectivity index is 2.14. The van der Waals surface area contributed by atoms with Crippen molar-refractivity contribution in [3.8, 4) is 5.75 Å². The van der Waals surface area contributed by atoms with Gasteiger partial charge in [0.1, 0.15) is 0 Å². The first-order chi connectivity index (χ1) is 10.2. The molecule has 1 aromatic rings. The first-order valence-corrected chi connectivity index (χ1v) is 8.26. The first kappa shape index (κ1) is 16.1. The van der Waals surface area contributed by atoms with Crippen LogP contribution in [0.5, 0.6) is 5.75 Å². The molecule has 0 amide bonds. The predicted octanol–water partition coefficient (Wildman–Crippen LogP) is 3.08. The molecule has 1 fully saturated rings. The van der Waals surface area contributed by atoms with E-state index in [-0.39, 0.29) is 0 Å². The van der Waals surface area contributed by atoms with E-state index in [0.29, 0.717) is 12.0 Å². The molecule has 1 N–H and O–H groups in total. The van der Waals surface area contributed by atoms with Crippen LogP contribution in [0.1, 0.15) is 40.0 Å². The molecule has 1 saturated heterocycles. The van der Waals surface area contributed by atoms with E-state index < -0.39 is 0 Å². The predicted molar refractivity (Wildman–Crippen MR) is 88.1 cm³/mol. The molecule has 0 saturated carbocycles. The van der Waals surface area contributed by atoms with Crippen LogP contribution in [0, 0.1) is 5.92 Å². The zero-order valence-corrected chi connectivity index (χ0v) is 13.6. The molecule has 0 aromatic carbocycles. The highest BCUT2D eigenvalue weighted by Crippen LogP contribution is 2.27. The molecule has 118 valence electrons. The molecular formula is C17H29N3O.